The quantitative estimate of drug-likeness (QED) is 0.907. The summed E-state index contributed by atoms with van der Waals surface area (Å²) in [5, 5.41) is 11.7. The number of hydrogen-bond acceptors (Lipinski definition) is 5. The van der Waals surface area contributed by atoms with E-state index in [9.17, 15) is 4.79 Å². The van der Waals surface area contributed by atoms with Crippen LogP contribution >= 0.6 is 0 Å². The highest BCUT2D eigenvalue weighted by atomic mass is 16.1. The normalized spacial score (nSPS) is 18.5. The zero-order valence-electron chi connectivity index (χ0n) is 13.7. The van der Waals surface area contributed by atoms with E-state index in [-0.39, 0.29) is 11.9 Å². The Morgan fingerprint density at radius 2 is 2.08 bits per heavy atom. The predicted octanol–water partition coefficient (Wildman–Crippen LogP) is 1.01. The Balaban J connectivity index is 1.28. The maximum Gasteiger partial charge on any atom is 0.270 e. The topological polar surface area (TPSA) is 75.9 Å². The van der Waals surface area contributed by atoms with E-state index in [2.05, 4.69) is 30.0 Å². The van der Waals surface area contributed by atoms with Crippen LogP contribution in [0.4, 0.5) is 0 Å². The third-order valence-corrected chi connectivity index (χ3v) is 4.87. The summed E-state index contributed by atoms with van der Waals surface area (Å²) in [7, 11) is 0. The molecule has 2 aromatic rings. The number of piperidine rings is 1. The van der Waals surface area contributed by atoms with Crippen LogP contribution in [0.5, 0.6) is 0 Å². The van der Waals surface area contributed by atoms with E-state index in [1.165, 1.54) is 6.42 Å². The summed E-state index contributed by atoms with van der Waals surface area (Å²) in [6.45, 7) is 3.84. The number of rotatable bonds is 4. The average molecular weight is 326 g/mol. The van der Waals surface area contributed by atoms with Gasteiger partial charge in [0.05, 0.1) is 6.54 Å². The number of carbonyl (C=O) groups excluding carboxylic acids is 1. The Morgan fingerprint density at radius 3 is 2.88 bits per heavy atom. The van der Waals surface area contributed by atoms with E-state index in [1.807, 2.05) is 12.1 Å². The molecule has 0 aliphatic carbocycles. The lowest BCUT2D eigenvalue weighted by atomic mass is 10.0. The summed E-state index contributed by atoms with van der Waals surface area (Å²) >= 11 is 0. The molecule has 0 atom stereocenters. The van der Waals surface area contributed by atoms with Crippen molar-refractivity contribution in [3.05, 3.63) is 41.7 Å². The molecule has 0 aromatic carbocycles. The molecule has 0 radical (unpaired) electrons. The molecule has 1 amide bonds. The number of nitrogens with one attached hydrogen (secondary N) is 1. The molecule has 4 heterocycles. The molecule has 126 valence electrons. The van der Waals surface area contributed by atoms with Gasteiger partial charge >= 0.3 is 0 Å². The second kappa shape index (κ2) is 6.68. The molecule has 0 unspecified atom stereocenters. The molecular weight excluding hydrogens is 304 g/mol. The molecule has 2 aromatic heterocycles. The molecule has 0 bridgehead atoms. The number of fused-ring (bicyclic) bond motifs is 1. The first-order chi connectivity index (χ1) is 11.8. The predicted molar refractivity (Wildman–Crippen MR) is 88.3 cm³/mol. The van der Waals surface area contributed by atoms with Crippen LogP contribution in [0.25, 0.3) is 0 Å². The molecule has 1 saturated heterocycles. The van der Waals surface area contributed by atoms with Crippen LogP contribution in [0.2, 0.25) is 0 Å². The maximum atomic E-state index is 12.2. The van der Waals surface area contributed by atoms with E-state index in [0.29, 0.717) is 5.69 Å². The Bertz CT molecular complexity index is 705. The van der Waals surface area contributed by atoms with Gasteiger partial charge in [-0.05, 0) is 31.4 Å². The smallest absolute Gasteiger partial charge is 0.270 e. The van der Waals surface area contributed by atoms with Gasteiger partial charge in [-0.25, -0.2) is 0 Å². The van der Waals surface area contributed by atoms with E-state index >= 15 is 0 Å². The SMILES string of the molecule is O=C(NC1CCN(Cc2nnc3n2CCC3)CC1)c1ccccn1. The molecule has 7 heteroatoms. The number of aromatic nitrogens is 4. The third-order valence-electron chi connectivity index (χ3n) is 4.87. The van der Waals surface area contributed by atoms with Crippen LogP contribution < -0.4 is 5.32 Å². The number of amides is 1. The number of nitrogens with zero attached hydrogens (tertiary/aromatic N) is 5. The fourth-order valence-corrected chi connectivity index (χ4v) is 3.52. The van der Waals surface area contributed by atoms with E-state index in [1.54, 1.807) is 12.3 Å². The Kier molecular flexibility index (Phi) is 4.25. The summed E-state index contributed by atoms with van der Waals surface area (Å²) in [4.78, 5) is 18.7. The maximum absolute atomic E-state index is 12.2. The van der Waals surface area contributed by atoms with Gasteiger partial charge in [-0.3, -0.25) is 14.7 Å². The van der Waals surface area contributed by atoms with Crippen LogP contribution in [0.3, 0.4) is 0 Å². The fraction of sp³-hybridized carbons (Fsp3) is 0.529. The van der Waals surface area contributed by atoms with Crippen molar-refractivity contribution in [2.75, 3.05) is 13.1 Å². The highest BCUT2D eigenvalue weighted by Crippen LogP contribution is 2.18. The van der Waals surface area contributed by atoms with Crippen molar-refractivity contribution in [2.45, 2.75) is 44.8 Å². The minimum absolute atomic E-state index is 0.0793. The van der Waals surface area contributed by atoms with Crippen molar-refractivity contribution < 1.29 is 4.79 Å². The molecule has 7 nitrogen and oxygen atoms in total. The lowest BCUT2D eigenvalue weighted by Gasteiger charge is -2.31. The van der Waals surface area contributed by atoms with Crippen molar-refractivity contribution in [1.29, 1.82) is 0 Å². The molecule has 0 saturated carbocycles. The lowest BCUT2D eigenvalue weighted by Crippen LogP contribution is -2.44. The molecule has 4 rings (SSSR count). The number of carbonyl (C=O) groups is 1. The van der Waals surface area contributed by atoms with E-state index in [4.69, 9.17) is 0 Å². The molecule has 1 N–H and O–H groups in total. The van der Waals surface area contributed by atoms with Crippen LogP contribution in [0, 0.1) is 0 Å². The van der Waals surface area contributed by atoms with Crippen molar-refractivity contribution in [3.8, 4) is 0 Å². The fourth-order valence-electron chi connectivity index (χ4n) is 3.52. The third kappa shape index (κ3) is 3.17. The van der Waals surface area contributed by atoms with Gasteiger partial charge in [0.1, 0.15) is 17.3 Å². The Morgan fingerprint density at radius 1 is 1.21 bits per heavy atom. The van der Waals surface area contributed by atoms with Crippen molar-refractivity contribution >= 4 is 5.91 Å². The van der Waals surface area contributed by atoms with Gasteiger partial charge < -0.3 is 9.88 Å². The summed E-state index contributed by atoms with van der Waals surface area (Å²) in [5.74, 6) is 2.13. The van der Waals surface area contributed by atoms with Crippen LogP contribution in [0.15, 0.2) is 24.4 Å². The second-order valence-corrected chi connectivity index (χ2v) is 6.53. The van der Waals surface area contributed by atoms with Gasteiger partial charge in [0.2, 0.25) is 0 Å². The highest BCUT2D eigenvalue weighted by Gasteiger charge is 2.24. The van der Waals surface area contributed by atoms with Gasteiger partial charge in [-0.15, -0.1) is 10.2 Å². The molecule has 24 heavy (non-hydrogen) atoms. The summed E-state index contributed by atoms with van der Waals surface area (Å²) in [6, 6.07) is 5.62. The van der Waals surface area contributed by atoms with Gasteiger partial charge in [0.15, 0.2) is 0 Å². The number of aryl methyl sites for hydroxylation is 1. The van der Waals surface area contributed by atoms with Crippen molar-refractivity contribution in [1.82, 2.24) is 30.0 Å². The van der Waals surface area contributed by atoms with E-state index < -0.39 is 0 Å². The molecule has 2 aliphatic heterocycles. The minimum Gasteiger partial charge on any atom is -0.348 e. The zero-order valence-corrected chi connectivity index (χ0v) is 13.7. The van der Waals surface area contributed by atoms with Crippen LogP contribution in [0.1, 0.15) is 41.4 Å². The lowest BCUT2D eigenvalue weighted by molar-refractivity contribution is 0.0902. The van der Waals surface area contributed by atoms with Gasteiger partial charge in [0, 0.05) is 38.3 Å². The zero-order chi connectivity index (χ0) is 16.4. The van der Waals surface area contributed by atoms with E-state index in [0.717, 1.165) is 57.1 Å². The standard InChI is InChI=1S/C17H22N6O/c24-17(14-4-1-2-8-18-14)19-13-6-10-22(11-7-13)12-16-21-20-15-5-3-9-23(15)16/h1-2,4,8,13H,3,5-7,9-12H2,(H,19,24). The first kappa shape index (κ1) is 15.3. The summed E-state index contributed by atoms with van der Waals surface area (Å²) in [6.07, 6.45) is 5.79. The average Bonchev–Trinajstić information content (AvgIpc) is 3.22. The van der Waals surface area contributed by atoms with Gasteiger partial charge in [0.25, 0.3) is 5.91 Å². The van der Waals surface area contributed by atoms with Crippen molar-refractivity contribution in [3.63, 3.8) is 0 Å². The number of likely N-dealkylation sites (tertiary alicyclic amines) is 1. The molecule has 0 spiro atoms. The Hall–Kier alpha value is -2.28. The first-order valence-corrected chi connectivity index (χ1v) is 8.65. The van der Waals surface area contributed by atoms with Gasteiger partial charge in [-0.2, -0.15) is 0 Å². The van der Waals surface area contributed by atoms with Crippen LogP contribution in [-0.4, -0.2) is 49.7 Å². The molecular formula is C17H22N6O. The Labute approximate surface area is 141 Å². The molecule has 1 fully saturated rings. The summed E-state index contributed by atoms with van der Waals surface area (Å²) in [5.41, 5.74) is 0.485. The number of pyridine rings is 1. The second-order valence-electron chi connectivity index (χ2n) is 6.53. The van der Waals surface area contributed by atoms with Crippen molar-refractivity contribution in [2.24, 2.45) is 0 Å². The first-order valence-electron chi connectivity index (χ1n) is 8.65. The van der Waals surface area contributed by atoms with Crippen LogP contribution in [-0.2, 0) is 19.5 Å². The monoisotopic (exact) mass is 326 g/mol. The summed E-state index contributed by atoms with van der Waals surface area (Å²) < 4.78 is 2.26. The molecule has 2 aliphatic rings. The van der Waals surface area contributed by atoms with Gasteiger partial charge in [-0.1, -0.05) is 6.07 Å². The highest BCUT2D eigenvalue weighted by molar-refractivity contribution is 5.92. The largest absolute Gasteiger partial charge is 0.348 e. The minimum atomic E-state index is -0.0793. The number of hydrogen-bond donors (Lipinski definition) is 1.